The lowest BCUT2D eigenvalue weighted by Gasteiger charge is -2.31. The number of hydrogen-bond acceptors (Lipinski definition) is 3. The van der Waals surface area contributed by atoms with Crippen molar-refractivity contribution in [3.63, 3.8) is 0 Å². The molecule has 3 aliphatic rings. The average Bonchev–Trinajstić information content (AvgIpc) is 2.64. The topological polar surface area (TPSA) is 53.5 Å². The first kappa shape index (κ1) is 16.9. The van der Waals surface area contributed by atoms with E-state index in [1.807, 2.05) is 0 Å². The van der Waals surface area contributed by atoms with Gasteiger partial charge in [-0.3, -0.25) is 4.79 Å². The van der Waals surface area contributed by atoms with Crippen LogP contribution in [0, 0.1) is 17.8 Å². The summed E-state index contributed by atoms with van der Waals surface area (Å²) in [5.41, 5.74) is 4.29. The highest BCUT2D eigenvalue weighted by atomic mass is 16.2. The van der Waals surface area contributed by atoms with E-state index in [9.17, 15) is 4.79 Å². The van der Waals surface area contributed by atoms with Crippen LogP contribution in [0.15, 0.2) is 5.10 Å². The van der Waals surface area contributed by atoms with Crippen molar-refractivity contribution >= 4 is 11.6 Å². The minimum Gasteiger partial charge on any atom is -0.317 e. The molecule has 1 saturated heterocycles. The molecular formula is C19H33N3O. The molecule has 2 saturated carbocycles. The van der Waals surface area contributed by atoms with Gasteiger partial charge >= 0.3 is 0 Å². The van der Waals surface area contributed by atoms with E-state index in [4.69, 9.17) is 5.10 Å². The number of nitrogens with one attached hydrogen (secondary N) is 2. The van der Waals surface area contributed by atoms with Gasteiger partial charge in [0.25, 0.3) is 0 Å². The van der Waals surface area contributed by atoms with Gasteiger partial charge in [-0.25, -0.2) is 5.43 Å². The number of piperidine rings is 1. The van der Waals surface area contributed by atoms with E-state index < -0.39 is 0 Å². The quantitative estimate of drug-likeness (QED) is 0.614. The van der Waals surface area contributed by atoms with Gasteiger partial charge in [0.05, 0.1) is 0 Å². The Bertz CT molecular complexity index is 383. The van der Waals surface area contributed by atoms with Gasteiger partial charge in [-0.05, 0) is 57.5 Å². The van der Waals surface area contributed by atoms with Crippen LogP contribution >= 0.6 is 0 Å². The molecule has 4 heteroatoms. The van der Waals surface area contributed by atoms with Gasteiger partial charge in [-0.2, -0.15) is 5.10 Å². The molecule has 3 rings (SSSR count). The van der Waals surface area contributed by atoms with E-state index in [1.54, 1.807) is 0 Å². The zero-order valence-electron chi connectivity index (χ0n) is 14.5. The Morgan fingerprint density at radius 1 is 0.739 bits per heavy atom. The average molecular weight is 319 g/mol. The Hall–Kier alpha value is -0.900. The van der Waals surface area contributed by atoms with Crippen molar-refractivity contribution in [3.05, 3.63) is 0 Å². The van der Waals surface area contributed by atoms with Crippen molar-refractivity contribution in [1.82, 2.24) is 10.7 Å². The number of carbonyl (C=O) groups is 1. The molecule has 2 N–H and O–H groups in total. The van der Waals surface area contributed by atoms with E-state index >= 15 is 0 Å². The Labute approximate surface area is 140 Å². The van der Waals surface area contributed by atoms with Crippen molar-refractivity contribution in [2.45, 2.75) is 77.0 Å². The predicted octanol–water partition coefficient (Wildman–Crippen LogP) is 3.62. The summed E-state index contributed by atoms with van der Waals surface area (Å²) in [6.45, 7) is 2.18. The lowest BCUT2D eigenvalue weighted by Crippen LogP contribution is -2.38. The third-order valence-corrected chi connectivity index (χ3v) is 6.05. The minimum absolute atomic E-state index is 0.173. The molecule has 3 fully saturated rings. The second-order valence-electron chi connectivity index (χ2n) is 7.71. The maximum absolute atomic E-state index is 12.4. The summed E-state index contributed by atoms with van der Waals surface area (Å²) in [6.07, 6.45) is 14.7. The fourth-order valence-corrected chi connectivity index (χ4v) is 4.61. The van der Waals surface area contributed by atoms with E-state index in [1.165, 1.54) is 69.9 Å². The van der Waals surface area contributed by atoms with Gasteiger partial charge in [0.2, 0.25) is 5.91 Å². The molecule has 1 amide bonds. The number of hydrogen-bond donors (Lipinski definition) is 2. The molecule has 0 aromatic rings. The summed E-state index contributed by atoms with van der Waals surface area (Å²) in [7, 11) is 0. The van der Waals surface area contributed by atoms with Crippen molar-refractivity contribution < 1.29 is 4.79 Å². The molecule has 130 valence electrons. The summed E-state index contributed by atoms with van der Waals surface area (Å²) in [6, 6.07) is 0. The smallest absolute Gasteiger partial charge is 0.243 e. The third kappa shape index (κ3) is 4.79. The Balaban J connectivity index is 1.64. The second-order valence-corrected chi connectivity index (χ2v) is 7.71. The van der Waals surface area contributed by atoms with Crippen LogP contribution in [-0.4, -0.2) is 24.7 Å². The van der Waals surface area contributed by atoms with E-state index in [0.717, 1.165) is 25.9 Å². The zero-order chi connectivity index (χ0) is 15.9. The van der Waals surface area contributed by atoms with Gasteiger partial charge in [0.15, 0.2) is 0 Å². The number of hydrazone groups is 1. The summed E-state index contributed by atoms with van der Waals surface area (Å²) in [5, 5.41) is 8.18. The first-order valence-corrected chi connectivity index (χ1v) is 9.92. The molecule has 0 atom stereocenters. The molecule has 0 aromatic heterocycles. The predicted molar refractivity (Wildman–Crippen MR) is 94.3 cm³/mol. The van der Waals surface area contributed by atoms with Crippen molar-refractivity contribution in [3.8, 4) is 0 Å². The summed E-state index contributed by atoms with van der Waals surface area (Å²) >= 11 is 0. The maximum Gasteiger partial charge on any atom is 0.243 e. The highest BCUT2D eigenvalue weighted by molar-refractivity contribution is 5.90. The van der Waals surface area contributed by atoms with Crippen LogP contribution in [0.25, 0.3) is 0 Å². The first-order chi connectivity index (χ1) is 11.3. The summed E-state index contributed by atoms with van der Waals surface area (Å²) < 4.78 is 0. The minimum atomic E-state index is 0.173. The highest BCUT2D eigenvalue weighted by Crippen LogP contribution is 2.30. The lowest BCUT2D eigenvalue weighted by molar-refractivity contribution is -0.125. The number of rotatable bonds is 4. The second kappa shape index (κ2) is 8.81. The molecule has 0 bridgehead atoms. The maximum atomic E-state index is 12.4. The molecule has 0 spiro atoms. The molecule has 1 aliphatic heterocycles. The van der Waals surface area contributed by atoms with Crippen molar-refractivity contribution in [1.29, 1.82) is 0 Å². The van der Waals surface area contributed by atoms with Crippen LogP contribution in [0.2, 0.25) is 0 Å². The first-order valence-electron chi connectivity index (χ1n) is 9.92. The zero-order valence-corrected chi connectivity index (χ0v) is 14.5. The number of nitrogens with zero attached hydrogens (tertiary/aromatic N) is 1. The number of carbonyl (C=O) groups excluding carboxylic acids is 1. The van der Waals surface area contributed by atoms with Gasteiger partial charge in [0.1, 0.15) is 0 Å². The van der Waals surface area contributed by atoms with Gasteiger partial charge in [-0.15, -0.1) is 0 Å². The summed E-state index contributed by atoms with van der Waals surface area (Å²) in [4.78, 5) is 12.4. The molecular weight excluding hydrogens is 286 g/mol. The Kier molecular flexibility index (Phi) is 6.49. The van der Waals surface area contributed by atoms with Gasteiger partial charge < -0.3 is 5.32 Å². The van der Waals surface area contributed by atoms with Crippen molar-refractivity contribution in [2.24, 2.45) is 22.9 Å². The van der Waals surface area contributed by atoms with E-state index in [0.29, 0.717) is 11.8 Å². The molecule has 23 heavy (non-hydrogen) atoms. The molecule has 4 nitrogen and oxygen atoms in total. The number of amides is 1. The Morgan fingerprint density at radius 3 is 1.87 bits per heavy atom. The summed E-state index contributed by atoms with van der Waals surface area (Å²) in [5.74, 6) is 1.56. The van der Waals surface area contributed by atoms with Crippen LogP contribution in [-0.2, 0) is 4.79 Å². The van der Waals surface area contributed by atoms with E-state index in [2.05, 4.69) is 10.7 Å². The van der Waals surface area contributed by atoms with Crippen LogP contribution in [0.5, 0.6) is 0 Å². The third-order valence-electron chi connectivity index (χ3n) is 6.05. The fraction of sp³-hybridized carbons (Fsp3) is 0.895. The standard InChI is InChI=1S/C19H33N3O/c23-19(17-9-5-2-6-10-17)22-21-18(15-7-3-1-4-8-15)16-11-13-20-14-12-16/h15-17,20H,1-14H2,(H,22,23)/b21-18+. The highest BCUT2D eigenvalue weighted by Gasteiger charge is 2.28. The fourth-order valence-electron chi connectivity index (χ4n) is 4.61. The van der Waals surface area contributed by atoms with Crippen LogP contribution < -0.4 is 10.7 Å². The van der Waals surface area contributed by atoms with Gasteiger partial charge in [0, 0.05) is 17.5 Å². The largest absolute Gasteiger partial charge is 0.317 e. The van der Waals surface area contributed by atoms with Gasteiger partial charge in [-0.1, -0.05) is 38.5 Å². The molecule has 2 aliphatic carbocycles. The van der Waals surface area contributed by atoms with Crippen LogP contribution in [0.1, 0.15) is 77.0 Å². The molecule has 0 unspecified atom stereocenters. The monoisotopic (exact) mass is 319 g/mol. The van der Waals surface area contributed by atoms with Crippen LogP contribution in [0.4, 0.5) is 0 Å². The molecule has 0 radical (unpaired) electrons. The van der Waals surface area contributed by atoms with Crippen molar-refractivity contribution in [2.75, 3.05) is 13.1 Å². The molecule has 0 aromatic carbocycles. The SMILES string of the molecule is O=C(N/N=C(\C1CCCCC1)C1CCNCC1)C1CCCCC1. The van der Waals surface area contributed by atoms with E-state index in [-0.39, 0.29) is 11.8 Å². The normalized spacial score (nSPS) is 26.2. The van der Waals surface area contributed by atoms with Crippen LogP contribution in [0.3, 0.4) is 0 Å². The molecule has 1 heterocycles. The lowest BCUT2D eigenvalue weighted by atomic mass is 9.78. The Morgan fingerprint density at radius 2 is 1.26 bits per heavy atom.